The number of carbonyl (C=O) groups is 1. The highest BCUT2D eigenvalue weighted by Crippen LogP contribution is 2.35. The zero-order chi connectivity index (χ0) is 25.2. The van der Waals surface area contributed by atoms with Crippen LogP contribution in [-0.2, 0) is 4.74 Å². The highest BCUT2D eigenvalue weighted by Gasteiger charge is 2.20. The molecule has 0 radical (unpaired) electrons. The molecule has 5 rings (SSSR count). The number of aromatic nitrogens is 2. The normalized spacial score (nSPS) is 15.6. The van der Waals surface area contributed by atoms with Crippen molar-refractivity contribution >= 4 is 45.4 Å². The summed E-state index contributed by atoms with van der Waals surface area (Å²) in [6.45, 7) is 4.36. The van der Waals surface area contributed by atoms with Crippen molar-refractivity contribution in [3.05, 3.63) is 66.2 Å². The fourth-order valence-electron chi connectivity index (χ4n) is 4.41. The third-order valence-corrected chi connectivity index (χ3v) is 6.22. The summed E-state index contributed by atoms with van der Waals surface area (Å²) in [6.07, 6.45) is 3.33. The number of benzene rings is 2. The minimum Gasteiger partial charge on any atom is -0.494 e. The fraction of sp³-hybridized carbons (Fsp3) is 0.231. The van der Waals surface area contributed by atoms with Crippen LogP contribution in [0.25, 0.3) is 10.9 Å². The van der Waals surface area contributed by atoms with Crippen molar-refractivity contribution < 1.29 is 18.7 Å². The molecule has 0 aliphatic carbocycles. The van der Waals surface area contributed by atoms with Crippen LogP contribution in [0.15, 0.2) is 54.9 Å². The molecule has 3 heterocycles. The molecule has 1 amide bonds. The summed E-state index contributed by atoms with van der Waals surface area (Å²) in [4.78, 5) is 21.7. The largest absolute Gasteiger partial charge is 0.494 e. The number of methoxy groups -OCH3 is 1. The molecule has 9 nitrogen and oxygen atoms in total. The molecule has 4 aromatic rings. The van der Waals surface area contributed by atoms with E-state index < -0.39 is 11.7 Å². The number of hydrogen-bond donors (Lipinski definition) is 4. The Morgan fingerprint density at radius 2 is 2.00 bits per heavy atom. The van der Waals surface area contributed by atoms with E-state index in [9.17, 15) is 9.18 Å². The van der Waals surface area contributed by atoms with Gasteiger partial charge in [0.15, 0.2) is 0 Å². The van der Waals surface area contributed by atoms with Gasteiger partial charge in [-0.15, -0.1) is 0 Å². The first kappa shape index (κ1) is 23.4. The molecule has 5 N–H and O–H groups in total. The number of carbonyl (C=O) groups excluding carboxylic acids is 1. The van der Waals surface area contributed by atoms with Gasteiger partial charge in [-0.1, -0.05) is 0 Å². The maximum absolute atomic E-state index is 13.6. The van der Waals surface area contributed by atoms with Crippen LogP contribution in [0.2, 0.25) is 0 Å². The fourth-order valence-corrected chi connectivity index (χ4v) is 4.41. The molecule has 0 unspecified atom stereocenters. The Hall–Kier alpha value is -4.31. The number of halogens is 1. The number of amides is 1. The zero-order valence-electron chi connectivity index (χ0n) is 20.0. The second kappa shape index (κ2) is 9.74. The monoisotopic (exact) mass is 490 g/mol. The van der Waals surface area contributed by atoms with Crippen LogP contribution < -0.4 is 26.0 Å². The molecular formula is C26H27FN6O3. The summed E-state index contributed by atoms with van der Waals surface area (Å²) in [5, 5.41) is 7.36. The number of pyridine rings is 1. The number of nitrogens with one attached hydrogen (secondary N) is 3. The maximum Gasteiger partial charge on any atom is 0.250 e. The second-order valence-corrected chi connectivity index (χ2v) is 8.64. The molecule has 1 saturated heterocycles. The summed E-state index contributed by atoms with van der Waals surface area (Å²) in [6, 6.07) is 12.1. The number of anilines is 5. The number of nitrogens with zero attached hydrogens (tertiary/aromatic N) is 2. The lowest BCUT2D eigenvalue weighted by Gasteiger charge is -2.35. The smallest absolute Gasteiger partial charge is 0.250 e. The number of hydrogen-bond acceptors (Lipinski definition) is 7. The average Bonchev–Trinajstić information content (AvgIpc) is 3.29. The Morgan fingerprint density at radius 1 is 1.17 bits per heavy atom. The summed E-state index contributed by atoms with van der Waals surface area (Å²) in [7, 11) is 1.64. The van der Waals surface area contributed by atoms with Gasteiger partial charge in [-0.2, -0.15) is 0 Å². The summed E-state index contributed by atoms with van der Waals surface area (Å²) in [5.41, 5.74) is 9.15. The van der Waals surface area contributed by atoms with Gasteiger partial charge in [0, 0.05) is 29.7 Å². The van der Waals surface area contributed by atoms with E-state index in [1.165, 1.54) is 12.1 Å². The van der Waals surface area contributed by atoms with Crippen LogP contribution in [0.3, 0.4) is 0 Å². The lowest BCUT2D eigenvalue weighted by atomic mass is 10.1. The Kier molecular flexibility index (Phi) is 6.34. The van der Waals surface area contributed by atoms with Gasteiger partial charge in [-0.25, -0.2) is 4.39 Å². The van der Waals surface area contributed by atoms with Gasteiger partial charge in [-0.3, -0.25) is 9.78 Å². The average molecular weight is 491 g/mol. The quantitative estimate of drug-likeness (QED) is 0.301. The Bertz CT molecular complexity index is 1420. The van der Waals surface area contributed by atoms with E-state index in [1.54, 1.807) is 19.5 Å². The van der Waals surface area contributed by atoms with Crippen LogP contribution in [0.5, 0.6) is 5.75 Å². The minimum atomic E-state index is -0.726. The first-order chi connectivity index (χ1) is 17.4. The van der Waals surface area contributed by atoms with Crippen molar-refractivity contribution in [2.45, 2.75) is 13.0 Å². The molecular weight excluding hydrogens is 463 g/mol. The van der Waals surface area contributed by atoms with Crippen LogP contribution in [0.4, 0.5) is 33.0 Å². The zero-order valence-corrected chi connectivity index (χ0v) is 20.0. The maximum atomic E-state index is 13.6. The minimum absolute atomic E-state index is 0.0558. The van der Waals surface area contributed by atoms with E-state index in [0.29, 0.717) is 30.3 Å². The van der Waals surface area contributed by atoms with Crippen molar-refractivity contribution in [2.75, 3.05) is 42.4 Å². The molecule has 0 bridgehead atoms. The standard InChI is InChI=1S/C26H27FN6O3/c1-15-14-36-8-7-33(15)17-4-6-21(24(10-17)35-2)31-25-11-18-22(12-29-13-23(18)32-25)30-20-5-3-16(27)9-19(20)26(28)34/h3-6,9-13,15,30-32H,7-8,14H2,1-2H3,(H2,28,34)/t15-/m0/s1. The number of fused-ring (bicyclic) bond motifs is 1. The van der Waals surface area contributed by atoms with E-state index in [1.807, 2.05) is 18.2 Å². The molecule has 10 heteroatoms. The van der Waals surface area contributed by atoms with Gasteiger partial charge < -0.3 is 35.7 Å². The lowest BCUT2D eigenvalue weighted by Crippen LogP contribution is -2.43. The molecule has 1 atom stereocenters. The van der Waals surface area contributed by atoms with Gasteiger partial charge in [0.05, 0.1) is 60.9 Å². The molecule has 2 aromatic carbocycles. The summed E-state index contributed by atoms with van der Waals surface area (Å²) < 4.78 is 24.9. The number of primary amides is 1. The van der Waals surface area contributed by atoms with Crippen LogP contribution in [-0.4, -0.2) is 48.8 Å². The Morgan fingerprint density at radius 3 is 2.78 bits per heavy atom. The first-order valence-electron chi connectivity index (χ1n) is 11.6. The molecule has 36 heavy (non-hydrogen) atoms. The Balaban J connectivity index is 1.43. The van der Waals surface area contributed by atoms with Crippen molar-refractivity contribution in [1.82, 2.24) is 9.97 Å². The third kappa shape index (κ3) is 4.63. The molecule has 186 valence electrons. The van der Waals surface area contributed by atoms with Crippen LogP contribution in [0.1, 0.15) is 17.3 Å². The molecule has 1 fully saturated rings. The second-order valence-electron chi connectivity index (χ2n) is 8.64. The predicted octanol–water partition coefficient (Wildman–Crippen LogP) is 4.52. The molecule has 1 aliphatic rings. The van der Waals surface area contributed by atoms with Gasteiger partial charge in [0.2, 0.25) is 0 Å². The van der Waals surface area contributed by atoms with Gasteiger partial charge in [0.1, 0.15) is 17.4 Å². The van der Waals surface area contributed by atoms with E-state index in [-0.39, 0.29) is 11.6 Å². The summed E-state index contributed by atoms with van der Waals surface area (Å²) in [5.74, 6) is 0.164. The van der Waals surface area contributed by atoms with Crippen molar-refractivity contribution in [2.24, 2.45) is 5.73 Å². The van der Waals surface area contributed by atoms with Crippen molar-refractivity contribution in [3.63, 3.8) is 0 Å². The number of nitrogens with two attached hydrogens (primary N) is 1. The van der Waals surface area contributed by atoms with Crippen molar-refractivity contribution in [3.8, 4) is 5.75 Å². The van der Waals surface area contributed by atoms with E-state index in [0.717, 1.165) is 40.7 Å². The van der Waals surface area contributed by atoms with Crippen LogP contribution >= 0.6 is 0 Å². The first-order valence-corrected chi connectivity index (χ1v) is 11.6. The van der Waals surface area contributed by atoms with E-state index in [4.69, 9.17) is 15.2 Å². The van der Waals surface area contributed by atoms with Crippen LogP contribution in [0, 0.1) is 5.82 Å². The number of ether oxygens (including phenoxy) is 2. The third-order valence-electron chi connectivity index (χ3n) is 6.22. The topological polar surface area (TPSA) is 118 Å². The predicted molar refractivity (Wildman–Crippen MR) is 138 cm³/mol. The molecule has 0 saturated carbocycles. The molecule has 0 spiro atoms. The highest BCUT2D eigenvalue weighted by molar-refractivity contribution is 6.02. The van der Waals surface area contributed by atoms with Gasteiger partial charge >= 0.3 is 0 Å². The summed E-state index contributed by atoms with van der Waals surface area (Å²) >= 11 is 0. The number of rotatable bonds is 7. The molecule has 2 aromatic heterocycles. The number of aromatic amines is 1. The van der Waals surface area contributed by atoms with Crippen molar-refractivity contribution in [1.29, 1.82) is 0 Å². The van der Waals surface area contributed by atoms with Gasteiger partial charge in [0.25, 0.3) is 5.91 Å². The lowest BCUT2D eigenvalue weighted by molar-refractivity contribution is 0.0989. The number of morpholine rings is 1. The van der Waals surface area contributed by atoms with E-state index in [2.05, 4.69) is 38.5 Å². The number of H-pyrrole nitrogens is 1. The SMILES string of the molecule is COc1cc(N2CCOC[C@@H]2C)ccc1Nc1cc2c(Nc3ccc(F)cc3C(N)=O)cncc2[nH]1. The highest BCUT2D eigenvalue weighted by atomic mass is 19.1. The van der Waals surface area contributed by atoms with Gasteiger partial charge in [-0.05, 0) is 43.3 Å². The Labute approximate surface area is 207 Å². The molecule has 1 aliphatic heterocycles. The van der Waals surface area contributed by atoms with E-state index >= 15 is 0 Å².